The summed E-state index contributed by atoms with van der Waals surface area (Å²) in [5.41, 5.74) is 2.93. The molecule has 2 heterocycles. The predicted octanol–water partition coefficient (Wildman–Crippen LogP) is 1.62. The maximum absolute atomic E-state index is 11.3. The second-order valence-electron chi connectivity index (χ2n) is 6.27. The Kier molecular flexibility index (Phi) is 5.06. The van der Waals surface area contributed by atoms with Crippen LogP contribution in [0.4, 0.5) is 11.8 Å². The summed E-state index contributed by atoms with van der Waals surface area (Å²) in [6.07, 6.45) is 0. The summed E-state index contributed by atoms with van der Waals surface area (Å²) in [6.45, 7) is 0.973. The third-order valence-electron chi connectivity index (χ3n) is 4.19. The van der Waals surface area contributed by atoms with Gasteiger partial charge in [0.15, 0.2) is 11.3 Å². The summed E-state index contributed by atoms with van der Waals surface area (Å²) >= 11 is 0. The highest BCUT2D eigenvalue weighted by atomic mass is 32.2. The quantitative estimate of drug-likeness (QED) is 0.359. The van der Waals surface area contributed by atoms with E-state index in [0.29, 0.717) is 36.0 Å². The lowest BCUT2D eigenvalue weighted by Gasteiger charge is -2.09. The molecule has 4 rings (SSSR count). The topological polar surface area (TPSA) is 152 Å². The molecule has 29 heavy (non-hydrogen) atoms. The molecule has 4 aromatic rings. The molecule has 0 spiro atoms. The maximum atomic E-state index is 11.3. The van der Waals surface area contributed by atoms with Crippen LogP contribution in [-0.2, 0) is 23.1 Å². The number of primary sulfonamides is 1. The molecular weight excluding hydrogens is 392 g/mol. The van der Waals surface area contributed by atoms with Crippen LogP contribution in [0.1, 0.15) is 11.1 Å². The van der Waals surface area contributed by atoms with Crippen molar-refractivity contribution in [1.82, 2.24) is 25.4 Å². The van der Waals surface area contributed by atoms with E-state index < -0.39 is 10.0 Å². The molecule has 0 amide bonds. The number of aromatic amines is 1. The fraction of sp³-hybridized carbons (Fsp3) is 0.111. The molecule has 0 aliphatic heterocycles. The first-order chi connectivity index (χ1) is 14.0. The molecule has 0 saturated heterocycles. The second-order valence-corrected chi connectivity index (χ2v) is 7.83. The average molecular weight is 410 g/mol. The molecule has 0 fully saturated rings. The fourth-order valence-corrected chi connectivity index (χ4v) is 3.22. The van der Waals surface area contributed by atoms with Crippen LogP contribution in [0.2, 0.25) is 0 Å². The number of nitrogens with one attached hydrogen (secondary N) is 3. The number of anilines is 2. The second kappa shape index (κ2) is 7.81. The number of hydrogen-bond donors (Lipinski definition) is 4. The third-order valence-corrected chi connectivity index (χ3v) is 5.12. The number of nitrogens with zero attached hydrogens (tertiary/aromatic N) is 4. The van der Waals surface area contributed by atoms with Crippen molar-refractivity contribution in [3.05, 3.63) is 65.7 Å². The van der Waals surface area contributed by atoms with Crippen molar-refractivity contribution >= 4 is 33.0 Å². The molecule has 0 unspecified atom stereocenters. The normalized spacial score (nSPS) is 11.5. The number of H-pyrrole nitrogens is 1. The summed E-state index contributed by atoms with van der Waals surface area (Å²) in [5.74, 6) is 0.928. The number of sulfonamides is 1. The summed E-state index contributed by atoms with van der Waals surface area (Å²) in [5, 5.41) is 22.2. The van der Waals surface area contributed by atoms with E-state index >= 15 is 0 Å². The monoisotopic (exact) mass is 410 g/mol. The molecule has 0 radical (unpaired) electrons. The van der Waals surface area contributed by atoms with Crippen LogP contribution in [0.5, 0.6) is 0 Å². The van der Waals surface area contributed by atoms with E-state index in [0.717, 1.165) is 11.1 Å². The van der Waals surface area contributed by atoms with E-state index in [4.69, 9.17) is 5.14 Å². The Morgan fingerprint density at radius 3 is 2.28 bits per heavy atom. The van der Waals surface area contributed by atoms with E-state index in [9.17, 15) is 8.42 Å². The number of nitrogens with two attached hydrogens (primary N) is 1. The van der Waals surface area contributed by atoms with Crippen molar-refractivity contribution in [2.75, 3.05) is 10.6 Å². The van der Waals surface area contributed by atoms with Gasteiger partial charge in [0.2, 0.25) is 21.6 Å². The lowest BCUT2D eigenvalue weighted by molar-refractivity contribution is 0.598. The van der Waals surface area contributed by atoms with E-state index in [1.54, 1.807) is 12.1 Å². The van der Waals surface area contributed by atoms with Crippen LogP contribution < -0.4 is 15.8 Å². The minimum absolute atomic E-state index is 0.0638. The van der Waals surface area contributed by atoms with Crippen molar-refractivity contribution in [3.8, 4) is 0 Å². The first kappa shape index (κ1) is 18.8. The van der Waals surface area contributed by atoms with Gasteiger partial charge < -0.3 is 10.6 Å². The van der Waals surface area contributed by atoms with Gasteiger partial charge >= 0.3 is 0 Å². The number of rotatable bonds is 7. The van der Waals surface area contributed by atoms with Crippen molar-refractivity contribution in [1.29, 1.82) is 0 Å². The number of aromatic nitrogens is 5. The Labute approximate surface area is 166 Å². The van der Waals surface area contributed by atoms with Crippen molar-refractivity contribution < 1.29 is 8.42 Å². The van der Waals surface area contributed by atoms with Crippen LogP contribution in [0, 0.1) is 0 Å². The van der Waals surface area contributed by atoms with E-state index in [1.165, 1.54) is 12.1 Å². The van der Waals surface area contributed by atoms with Crippen LogP contribution >= 0.6 is 0 Å². The molecule has 0 atom stereocenters. The van der Waals surface area contributed by atoms with Gasteiger partial charge in [-0.2, -0.15) is 20.3 Å². The molecule has 0 aliphatic carbocycles. The largest absolute Gasteiger partial charge is 0.364 e. The fourth-order valence-electron chi connectivity index (χ4n) is 2.71. The predicted molar refractivity (Wildman–Crippen MR) is 108 cm³/mol. The molecule has 0 bridgehead atoms. The van der Waals surface area contributed by atoms with E-state index in [-0.39, 0.29) is 4.90 Å². The van der Waals surface area contributed by atoms with Gasteiger partial charge in [-0.15, -0.1) is 5.10 Å². The van der Waals surface area contributed by atoms with Gasteiger partial charge in [-0.1, -0.05) is 42.5 Å². The summed E-state index contributed by atoms with van der Waals surface area (Å²) in [4.78, 5) is 8.89. The van der Waals surface area contributed by atoms with Crippen LogP contribution in [0.3, 0.4) is 0 Å². The first-order valence-corrected chi connectivity index (χ1v) is 10.3. The van der Waals surface area contributed by atoms with Crippen LogP contribution in [0.15, 0.2) is 59.5 Å². The SMILES string of the molecule is NS(=O)(=O)c1ccc(CNc2nc(NCc3ccccc3)c3n[nH]nc3n2)cc1. The molecule has 0 aliphatic rings. The average Bonchev–Trinajstić information content (AvgIpc) is 3.20. The van der Waals surface area contributed by atoms with Crippen LogP contribution in [-0.4, -0.2) is 33.8 Å². The zero-order chi connectivity index (χ0) is 20.3. The molecule has 10 nitrogen and oxygen atoms in total. The van der Waals surface area contributed by atoms with Gasteiger partial charge in [-0.05, 0) is 23.3 Å². The maximum Gasteiger partial charge on any atom is 0.238 e. The van der Waals surface area contributed by atoms with E-state index in [2.05, 4.69) is 36.0 Å². The molecule has 5 N–H and O–H groups in total. The Morgan fingerprint density at radius 2 is 1.55 bits per heavy atom. The summed E-state index contributed by atoms with van der Waals surface area (Å²) in [7, 11) is -3.71. The van der Waals surface area contributed by atoms with Gasteiger partial charge in [0, 0.05) is 13.1 Å². The van der Waals surface area contributed by atoms with Gasteiger partial charge in [0.05, 0.1) is 4.90 Å². The van der Waals surface area contributed by atoms with Gasteiger partial charge in [-0.3, -0.25) is 0 Å². The smallest absolute Gasteiger partial charge is 0.238 e. The zero-order valence-electron chi connectivity index (χ0n) is 15.2. The van der Waals surface area contributed by atoms with E-state index in [1.807, 2.05) is 30.3 Å². The molecule has 2 aromatic heterocycles. The van der Waals surface area contributed by atoms with Crippen molar-refractivity contribution in [2.45, 2.75) is 18.0 Å². The molecule has 2 aromatic carbocycles. The standard InChI is InChI=1S/C18H18N8O2S/c19-29(27,28)14-8-6-13(7-9-14)11-21-18-22-16(15-17(23-18)25-26-24-15)20-10-12-4-2-1-3-5-12/h1-9H,10-11H2,(H2,19,27,28)(H3,20,21,22,23,24,25,26). The number of fused-ring (bicyclic) bond motifs is 1. The highest BCUT2D eigenvalue weighted by Crippen LogP contribution is 2.19. The third kappa shape index (κ3) is 4.47. The van der Waals surface area contributed by atoms with Gasteiger partial charge in [0.25, 0.3) is 0 Å². The minimum atomic E-state index is -3.71. The van der Waals surface area contributed by atoms with Gasteiger partial charge in [0.1, 0.15) is 0 Å². The lowest BCUT2D eigenvalue weighted by atomic mass is 10.2. The lowest BCUT2D eigenvalue weighted by Crippen LogP contribution is -2.12. The number of benzene rings is 2. The molecule has 11 heteroatoms. The minimum Gasteiger partial charge on any atom is -0.364 e. The Morgan fingerprint density at radius 1 is 0.862 bits per heavy atom. The summed E-state index contributed by atoms with van der Waals surface area (Å²) in [6, 6.07) is 16.2. The molecule has 0 saturated carbocycles. The van der Waals surface area contributed by atoms with Crippen molar-refractivity contribution in [3.63, 3.8) is 0 Å². The highest BCUT2D eigenvalue weighted by Gasteiger charge is 2.12. The Bertz CT molecular complexity index is 1220. The molecular formula is C18H18N8O2S. The van der Waals surface area contributed by atoms with Crippen LogP contribution in [0.25, 0.3) is 11.2 Å². The van der Waals surface area contributed by atoms with Gasteiger partial charge in [-0.25, -0.2) is 13.6 Å². The first-order valence-electron chi connectivity index (χ1n) is 8.71. The molecule has 148 valence electrons. The number of hydrogen-bond acceptors (Lipinski definition) is 8. The Hall–Kier alpha value is -3.57. The highest BCUT2D eigenvalue weighted by molar-refractivity contribution is 7.89. The van der Waals surface area contributed by atoms with Crippen molar-refractivity contribution in [2.24, 2.45) is 5.14 Å². The zero-order valence-corrected chi connectivity index (χ0v) is 16.0. The Balaban J connectivity index is 1.50. The summed E-state index contributed by atoms with van der Waals surface area (Å²) < 4.78 is 22.7.